The number of piperidine rings is 1. The van der Waals surface area contributed by atoms with Gasteiger partial charge in [0.2, 0.25) is 0 Å². The summed E-state index contributed by atoms with van der Waals surface area (Å²) >= 11 is 0. The summed E-state index contributed by atoms with van der Waals surface area (Å²) < 4.78 is 11.3. The van der Waals surface area contributed by atoms with Crippen molar-refractivity contribution in [2.75, 3.05) is 19.7 Å². The summed E-state index contributed by atoms with van der Waals surface area (Å²) in [4.78, 5) is 0. The molecule has 2 aliphatic heterocycles. The van der Waals surface area contributed by atoms with E-state index >= 15 is 0 Å². The SMILES string of the molecule is CC1(OC2=COCCC2)CCNCC1. The van der Waals surface area contributed by atoms with Gasteiger partial charge in [0.25, 0.3) is 0 Å². The zero-order chi connectivity index (χ0) is 9.86. The molecule has 3 heteroatoms. The fraction of sp³-hybridized carbons (Fsp3) is 0.818. The summed E-state index contributed by atoms with van der Waals surface area (Å²) in [6.45, 7) is 5.16. The number of hydrogen-bond acceptors (Lipinski definition) is 3. The van der Waals surface area contributed by atoms with Crippen LogP contribution < -0.4 is 5.32 Å². The zero-order valence-electron chi connectivity index (χ0n) is 8.84. The maximum absolute atomic E-state index is 6.02. The van der Waals surface area contributed by atoms with E-state index in [1.165, 1.54) is 0 Å². The molecular weight excluding hydrogens is 178 g/mol. The molecule has 0 spiro atoms. The standard InChI is InChI=1S/C11H19NO2/c1-11(4-6-12-7-5-11)14-10-3-2-8-13-9-10/h9,12H,2-8H2,1H3. The quantitative estimate of drug-likeness (QED) is 0.732. The van der Waals surface area contributed by atoms with Crippen LogP contribution in [0.15, 0.2) is 12.0 Å². The number of hydrogen-bond donors (Lipinski definition) is 1. The first kappa shape index (κ1) is 9.84. The minimum atomic E-state index is 0.0256. The zero-order valence-corrected chi connectivity index (χ0v) is 8.84. The Balaban J connectivity index is 1.90. The molecule has 1 fully saturated rings. The second-order valence-corrected chi connectivity index (χ2v) is 4.36. The highest BCUT2D eigenvalue weighted by Crippen LogP contribution is 2.28. The number of ether oxygens (including phenoxy) is 2. The first-order valence-corrected chi connectivity index (χ1v) is 5.49. The van der Waals surface area contributed by atoms with Crippen LogP contribution in [0.25, 0.3) is 0 Å². The number of nitrogens with one attached hydrogen (secondary N) is 1. The topological polar surface area (TPSA) is 30.5 Å². The lowest BCUT2D eigenvalue weighted by Crippen LogP contribution is -2.41. The third-order valence-electron chi connectivity index (χ3n) is 2.94. The highest BCUT2D eigenvalue weighted by Gasteiger charge is 2.29. The van der Waals surface area contributed by atoms with Crippen LogP contribution in [0.3, 0.4) is 0 Å². The Morgan fingerprint density at radius 2 is 2.21 bits per heavy atom. The molecule has 0 bridgehead atoms. The van der Waals surface area contributed by atoms with Gasteiger partial charge in [-0.05, 0) is 39.3 Å². The highest BCUT2D eigenvalue weighted by atomic mass is 16.5. The third-order valence-corrected chi connectivity index (χ3v) is 2.94. The summed E-state index contributed by atoms with van der Waals surface area (Å²) in [5.74, 6) is 1.03. The summed E-state index contributed by atoms with van der Waals surface area (Å²) in [7, 11) is 0. The molecule has 1 saturated heterocycles. The van der Waals surface area contributed by atoms with E-state index in [4.69, 9.17) is 9.47 Å². The van der Waals surface area contributed by atoms with E-state index in [2.05, 4.69) is 12.2 Å². The van der Waals surface area contributed by atoms with Gasteiger partial charge in [-0.3, -0.25) is 0 Å². The van der Waals surface area contributed by atoms with E-state index in [0.29, 0.717) is 0 Å². The molecule has 0 atom stereocenters. The van der Waals surface area contributed by atoms with E-state index in [9.17, 15) is 0 Å². The van der Waals surface area contributed by atoms with E-state index in [1.807, 2.05) is 0 Å². The Morgan fingerprint density at radius 3 is 2.86 bits per heavy atom. The number of allylic oxidation sites excluding steroid dienone is 1. The van der Waals surface area contributed by atoms with Crippen LogP contribution in [0.1, 0.15) is 32.6 Å². The van der Waals surface area contributed by atoms with Gasteiger partial charge < -0.3 is 14.8 Å². The largest absolute Gasteiger partial charge is 0.498 e. The molecule has 0 aromatic carbocycles. The summed E-state index contributed by atoms with van der Waals surface area (Å²) in [6, 6.07) is 0. The highest BCUT2D eigenvalue weighted by molar-refractivity contribution is 4.95. The monoisotopic (exact) mass is 197 g/mol. The van der Waals surface area contributed by atoms with Crippen molar-refractivity contribution in [2.45, 2.75) is 38.2 Å². The van der Waals surface area contributed by atoms with Crippen LogP contribution in [0.4, 0.5) is 0 Å². The average molecular weight is 197 g/mol. The van der Waals surface area contributed by atoms with E-state index in [0.717, 1.165) is 51.1 Å². The molecule has 0 unspecified atom stereocenters. The summed E-state index contributed by atoms with van der Waals surface area (Å²) in [6.07, 6.45) is 6.08. The molecular formula is C11H19NO2. The van der Waals surface area contributed by atoms with E-state index < -0.39 is 0 Å². The van der Waals surface area contributed by atoms with Crippen molar-refractivity contribution in [1.29, 1.82) is 0 Å². The van der Waals surface area contributed by atoms with Gasteiger partial charge in [0, 0.05) is 6.42 Å². The molecule has 3 nitrogen and oxygen atoms in total. The van der Waals surface area contributed by atoms with Gasteiger partial charge in [-0.25, -0.2) is 0 Å². The van der Waals surface area contributed by atoms with Crippen LogP contribution in [0.5, 0.6) is 0 Å². The normalized spacial score (nSPS) is 26.2. The fourth-order valence-electron chi connectivity index (χ4n) is 1.99. The van der Waals surface area contributed by atoms with Crippen molar-refractivity contribution in [3.63, 3.8) is 0 Å². The Labute approximate surface area is 85.5 Å². The van der Waals surface area contributed by atoms with Crippen molar-refractivity contribution in [3.8, 4) is 0 Å². The van der Waals surface area contributed by atoms with Gasteiger partial charge in [-0.15, -0.1) is 0 Å². The molecule has 0 saturated carbocycles. The second-order valence-electron chi connectivity index (χ2n) is 4.36. The van der Waals surface area contributed by atoms with Crippen LogP contribution in [-0.4, -0.2) is 25.3 Å². The van der Waals surface area contributed by atoms with Crippen LogP contribution in [0.2, 0.25) is 0 Å². The molecule has 80 valence electrons. The lowest BCUT2D eigenvalue weighted by molar-refractivity contribution is -0.0218. The fourth-order valence-corrected chi connectivity index (χ4v) is 1.99. The predicted molar refractivity (Wildman–Crippen MR) is 54.9 cm³/mol. The van der Waals surface area contributed by atoms with Crippen molar-refractivity contribution in [3.05, 3.63) is 12.0 Å². The van der Waals surface area contributed by atoms with E-state index in [-0.39, 0.29) is 5.60 Å². The van der Waals surface area contributed by atoms with Gasteiger partial charge in [0.15, 0.2) is 0 Å². The first-order valence-electron chi connectivity index (χ1n) is 5.49. The second kappa shape index (κ2) is 4.22. The van der Waals surface area contributed by atoms with Crippen molar-refractivity contribution < 1.29 is 9.47 Å². The van der Waals surface area contributed by atoms with Crippen LogP contribution in [-0.2, 0) is 9.47 Å². The third kappa shape index (κ3) is 2.41. The Kier molecular flexibility index (Phi) is 2.96. The molecule has 0 radical (unpaired) electrons. The smallest absolute Gasteiger partial charge is 0.131 e. The lowest BCUT2D eigenvalue weighted by atomic mass is 9.94. The van der Waals surface area contributed by atoms with Gasteiger partial charge >= 0.3 is 0 Å². The van der Waals surface area contributed by atoms with Crippen molar-refractivity contribution in [1.82, 2.24) is 5.32 Å². The Bertz CT molecular complexity index is 219. The van der Waals surface area contributed by atoms with Crippen molar-refractivity contribution in [2.24, 2.45) is 0 Å². The molecule has 0 aliphatic carbocycles. The molecule has 0 amide bonds. The maximum Gasteiger partial charge on any atom is 0.131 e. The molecule has 1 N–H and O–H groups in total. The van der Waals surface area contributed by atoms with Crippen molar-refractivity contribution >= 4 is 0 Å². The van der Waals surface area contributed by atoms with Crippen LogP contribution >= 0.6 is 0 Å². The predicted octanol–water partition coefficient (Wildman–Crippen LogP) is 1.80. The molecule has 14 heavy (non-hydrogen) atoms. The summed E-state index contributed by atoms with van der Waals surface area (Å²) in [5.41, 5.74) is 0.0256. The van der Waals surface area contributed by atoms with E-state index in [1.54, 1.807) is 6.26 Å². The van der Waals surface area contributed by atoms with Gasteiger partial charge in [0.05, 0.1) is 6.61 Å². The average Bonchev–Trinajstić information content (AvgIpc) is 2.19. The van der Waals surface area contributed by atoms with Gasteiger partial charge in [-0.1, -0.05) is 0 Å². The molecule has 2 heterocycles. The van der Waals surface area contributed by atoms with Gasteiger partial charge in [0.1, 0.15) is 17.6 Å². The Morgan fingerprint density at radius 1 is 1.43 bits per heavy atom. The minimum Gasteiger partial charge on any atom is -0.498 e. The van der Waals surface area contributed by atoms with Gasteiger partial charge in [-0.2, -0.15) is 0 Å². The molecule has 0 aromatic rings. The molecule has 2 aliphatic rings. The molecule has 2 rings (SSSR count). The minimum absolute atomic E-state index is 0.0256. The Hall–Kier alpha value is -0.700. The first-order chi connectivity index (χ1) is 6.79. The number of rotatable bonds is 2. The van der Waals surface area contributed by atoms with Crippen LogP contribution in [0, 0.1) is 0 Å². The lowest BCUT2D eigenvalue weighted by Gasteiger charge is -2.36. The summed E-state index contributed by atoms with van der Waals surface area (Å²) in [5, 5.41) is 3.35. The maximum atomic E-state index is 6.02. The molecule has 0 aromatic heterocycles.